The summed E-state index contributed by atoms with van der Waals surface area (Å²) in [7, 11) is 0. The Morgan fingerprint density at radius 2 is 2.04 bits per heavy atom. The highest BCUT2D eigenvalue weighted by molar-refractivity contribution is 5.82. The van der Waals surface area contributed by atoms with E-state index in [1.165, 1.54) is 0 Å². The summed E-state index contributed by atoms with van der Waals surface area (Å²) >= 11 is 0. The van der Waals surface area contributed by atoms with E-state index in [4.69, 9.17) is 4.98 Å². The summed E-state index contributed by atoms with van der Waals surface area (Å²) in [6.45, 7) is 11.5. The Bertz CT molecular complexity index is 790. The fourth-order valence-electron chi connectivity index (χ4n) is 3.61. The van der Waals surface area contributed by atoms with Crippen molar-refractivity contribution in [2.24, 2.45) is 5.41 Å². The summed E-state index contributed by atoms with van der Waals surface area (Å²) in [5.74, 6) is 0.925. The van der Waals surface area contributed by atoms with E-state index in [1.807, 2.05) is 49.4 Å². The number of aryl methyl sites for hydroxylation is 2. The summed E-state index contributed by atoms with van der Waals surface area (Å²) in [6, 6.07) is 4.04. The highest BCUT2D eigenvalue weighted by Gasteiger charge is 2.35. The first kappa shape index (κ1) is 18.5. The molecule has 3 heterocycles. The lowest BCUT2D eigenvalue weighted by atomic mass is 9.90. The maximum absolute atomic E-state index is 13.0. The number of piperidine rings is 1. The molecule has 0 bridgehead atoms. The second-order valence-electron chi connectivity index (χ2n) is 8.02. The van der Waals surface area contributed by atoms with Gasteiger partial charge in [-0.3, -0.25) is 9.48 Å². The largest absolute Gasteiger partial charge is 0.334 e. The van der Waals surface area contributed by atoms with Gasteiger partial charge in [-0.1, -0.05) is 20.8 Å². The fourth-order valence-corrected chi connectivity index (χ4v) is 3.61. The van der Waals surface area contributed by atoms with Crippen LogP contribution in [0.2, 0.25) is 0 Å². The minimum Gasteiger partial charge on any atom is -0.334 e. The summed E-state index contributed by atoms with van der Waals surface area (Å²) in [6.07, 6.45) is 4.92. The first-order valence-corrected chi connectivity index (χ1v) is 9.50. The standard InChI is InChI=1S/C20H29N5O/c1-6-25-18(10-11-21-25)16-13-15(22-14(2)23-16)17-9-7-8-12-24(17)19(26)20(3,4)5/h10-11,13,17H,6-9,12H2,1-5H3/t17-/m0/s1. The minimum atomic E-state index is -0.388. The first-order chi connectivity index (χ1) is 12.3. The van der Waals surface area contributed by atoms with Crippen molar-refractivity contribution in [3.8, 4) is 11.4 Å². The number of amides is 1. The van der Waals surface area contributed by atoms with Gasteiger partial charge in [-0.2, -0.15) is 5.10 Å². The lowest BCUT2D eigenvalue weighted by Gasteiger charge is -2.39. The molecule has 0 radical (unpaired) electrons. The van der Waals surface area contributed by atoms with E-state index >= 15 is 0 Å². The van der Waals surface area contributed by atoms with Gasteiger partial charge in [0.25, 0.3) is 0 Å². The number of hydrogen-bond acceptors (Lipinski definition) is 4. The molecule has 0 saturated carbocycles. The second kappa shape index (κ2) is 7.17. The molecule has 0 aliphatic carbocycles. The van der Waals surface area contributed by atoms with E-state index in [2.05, 4.69) is 17.0 Å². The van der Waals surface area contributed by atoms with Crippen LogP contribution in [0.15, 0.2) is 18.3 Å². The van der Waals surface area contributed by atoms with Crippen LogP contribution in [-0.2, 0) is 11.3 Å². The molecule has 1 saturated heterocycles. The van der Waals surface area contributed by atoms with Crippen molar-refractivity contribution < 1.29 is 4.79 Å². The van der Waals surface area contributed by atoms with E-state index in [0.717, 1.165) is 55.3 Å². The third-order valence-corrected chi connectivity index (χ3v) is 4.88. The molecule has 2 aromatic rings. The normalized spacial score (nSPS) is 18.2. The zero-order valence-electron chi connectivity index (χ0n) is 16.5. The molecule has 1 fully saturated rings. The Morgan fingerprint density at radius 1 is 1.27 bits per heavy atom. The van der Waals surface area contributed by atoms with E-state index < -0.39 is 0 Å². The zero-order chi connectivity index (χ0) is 18.9. The quantitative estimate of drug-likeness (QED) is 0.841. The molecule has 3 rings (SSSR count). The van der Waals surface area contributed by atoms with E-state index in [-0.39, 0.29) is 17.4 Å². The number of aromatic nitrogens is 4. The monoisotopic (exact) mass is 355 g/mol. The van der Waals surface area contributed by atoms with Gasteiger partial charge in [0.15, 0.2) is 0 Å². The molecule has 0 spiro atoms. The molecule has 26 heavy (non-hydrogen) atoms. The summed E-state index contributed by atoms with van der Waals surface area (Å²) < 4.78 is 1.94. The van der Waals surface area contributed by atoms with Crippen molar-refractivity contribution >= 4 is 5.91 Å². The molecule has 140 valence electrons. The SMILES string of the molecule is CCn1nccc1-c1cc([C@@H]2CCCCN2C(=O)C(C)(C)C)nc(C)n1. The fraction of sp³-hybridized carbons (Fsp3) is 0.600. The van der Waals surface area contributed by atoms with Crippen LogP contribution in [-0.4, -0.2) is 37.1 Å². The summed E-state index contributed by atoms with van der Waals surface area (Å²) in [5, 5.41) is 4.35. The molecule has 1 atom stereocenters. The Hall–Kier alpha value is -2.24. The smallest absolute Gasteiger partial charge is 0.228 e. The molecular formula is C20H29N5O. The van der Waals surface area contributed by atoms with Crippen LogP contribution in [0.3, 0.4) is 0 Å². The molecular weight excluding hydrogens is 326 g/mol. The topological polar surface area (TPSA) is 63.9 Å². The highest BCUT2D eigenvalue weighted by Crippen LogP contribution is 2.34. The average Bonchev–Trinajstić information content (AvgIpc) is 3.08. The average molecular weight is 355 g/mol. The molecule has 2 aromatic heterocycles. The lowest BCUT2D eigenvalue weighted by Crippen LogP contribution is -2.44. The van der Waals surface area contributed by atoms with Crippen molar-refractivity contribution in [3.05, 3.63) is 29.8 Å². The van der Waals surface area contributed by atoms with E-state index in [9.17, 15) is 4.79 Å². The van der Waals surface area contributed by atoms with Crippen molar-refractivity contribution in [3.63, 3.8) is 0 Å². The summed E-state index contributed by atoms with van der Waals surface area (Å²) in [4.78, 5) is 24.3. The van der Waals surface area contributed by atoms with Gasteiger partial charge in [0.05, 0.1) is 23.1 Å². The lowest BCUT2D eigenvalue weighted by molar-refractivity contribution is -0.143. The maximum Gasteiger partial charge on any atom is 0.228 e. The maximum atomic E-state index is 13.0. The van der Waals surface area contributed by atoms with Gasteiger partial charge < -0.3 is 4.90 Å². The van der Waals surface area contributed by atoms with Gasteiger partial charge in [-0.15, -0.1) is 0 Å². The first-order valence-electron chi connectivity index (χ1n) is 9.50. The molecule has 6 nitrogen and oxygen atoms in total. The van der Waals surface area contributed by atoms with Crippen LogP contribution in [0.1, 0.15) is 64.5 Å². The number of carbonyl (C=O) groups excluding carboxylic acids is 1. The van der Waals surface area contributed by atoms with Gasteiger partial charge >= 0.3 is 0 Å². The number of likely N-dealkylation sites (tertiary alicyclic amines) is 1. The minimum absolute atomic E-state index is 0.0222. The molecule has 0 unspecified atom stereocenters. The molecule has 6 heteroatoms. The van der Waals surface area contributed by atoms with Crippen LogP contribution in [0.4, 0.5) is 0 Å². The number of rotatable bonds is 3. The van der Waals surface area contributed by atoms with Crippen molar-refractivity contribution in [2.75, 3.05) is 6.54 Å². The van der Waals surface area contributed by atoms with Gasteiger partial charge in [0, 0.05) is 24.7 Å². The zero-order valence-corrected chi connectivity index (χ0v) is 16.5. The second-order valence-corrected chi connectivity index (χ2v) is 8.02. The Balaban J connectivity index is 2.01. The Kier molecular flexibility index (Phi) is 5.12. The third kappa shape index (κ3) is 3.64. The number of nitrogens with zero attached hydrogens (tertiary/aromatic N) is 5. The van der Waals surface area contributed by atoms with Crippen LogP contribution in [0, 0.1) is 12.3 Å². The third-order valence-electron chi connectivity index (χ3n) is 4.88. The molecule has 0 aromatic carbocycles. The van der Waals surface area contributed by atoms with Gasteiger partial charge in [-0.25, -0.2) is 9.97 Å². The molecule has 1 aliphatic heterocycles. The number of carbonyl (C=O) groups is 1. The Morgan fingerprint density at radius 3 is 2.73 bits per heavy atom. The van der Waals surface area contributed by atoms with E-state index in [1.54, 1.807) is 6.20 Å². The predicted octanol–water partition coefficient (Wildman–Crippen LogP) is 3.77. The number of hydrogen-bond donors (Lipinski definition) is 0. The molecule has 0 N–H and O–H groups in total. The van der Waals surface area contributed by atoms with Crippen molar-refractivity contribution in [2.45, 2.75) is 66.5 Å². The highest BCUT2D eigenvalue weighted by atomic mass is 16.2. The Labute approximate surface area is 155 Å². The van der Waals surface area contributed by atoms with Gasteiger partial charge in [0.1, 0.15) is 5.82 Å². The van der Waals surface area contributed by atoms with Crippen LogP contribution in [0.5, 0.6) is 0 Å². The van der Waals surface area contributed by atoms with Crippen molar-refractivity contribution in [1.82, 2.24) is 24.6 Å². The van der Waals surface area contributed by atoms with Crippen LogP contribution >= 0.6 is 0 Å². The molecule has 1 aliphatic rings. The van der Waals surface area contributed by atoms with E-state index in [0.29, 0.717) is 0 Å². The van der Waals surface area contributed by atoms with Crippen LogP contribution in [0.25, 0.3) is 11.4 Å². The van der Waals surface area contributed by atoms with Crippen LogP contribution < -0.4 is 0 Å². The predicted molar refractivity (Wildman–Crippen MR) is 101 cm³/mol. The molecule has 1 amide bonds. The van der Waals surface area contributed by atoms with Gasteiger partial charge in [-0.05, 0) is 45.2 Å². The van der Waals surface area contributed by atoms with Gasteiger partial charge in [0.2, 0.25) is 5.91 Å². The van der Waals surface area contributed by atoms with Crippen molar-refractivity contribution in [1.29, 1.82) is 0 Å². The summed E-state index contributed by atoms with van der Waals surface area (Å²) in [5.41, 5.74) is 2.42.